The highest BCUT2D eigenvalue weighted by atomic mass is 16.5. The Bertz CT molecular complexity index is 478. The minimum atomic E-state index is -0.314. The van der Waals surface area contributed by atoms with Crippen LogP contribution in [0, 0.1) is 0 Å². The van der Waals surface area contributed by atoms with Gasteiger partial charge in [0.05, 0.1) is 11.6 Å². The lowest BCUT2D eigenvalue weighted by atomic mass is 9.94. The molecule has 2 N–H and O–H groups in total. The molecule has 0 spiro atoms. The van der Waals surface area contributed by atoms with E-state index in [2.05, 4.69) is 22.5 Å². The van der Waals surface area contributed by atoms with Gasteiger partial charge in [-0.05, 0) is 38.8 Å². The van der Waals surface area contributed by atoms with Gasteiger partial charge in [0.25, 0.3) is 5.91 Å². The lowest BCUT2D eigenvalue weighted by Crippen LogP contribution is -2.50. The summed E-state index contributed by atoms with van der Waals surface area (Å²) in [5.74, 6) is 0.588. The molecule has 20 heavy (non-hydrogen) atoms. The molecule has 1 aliphatic rings. The average molecular weight is 277 g/mol. The minimum Gasteiger partial charge on any atom is -0.376 e. The average Bonchev–Trinajstić information content (AvgIpc) is 2.76. The molecule has 5 heteroatoms. The molecule has 1 aromatic heterocycles. The smallest absolute Gasteiger partial charge is 0.270 e. The SMILES string of the molecule is CCCNc1cccc(C(=O)NC2(C)CCOC2C)n1. The second kappa shape index (κ2) is 6.22. The van der Waals surface area contributed by atoms with E-state index in [1.165, 1.54) is 0 Å². The molecule has 110 valence electrons. The van der Waals surface area contributed by atoms with Crippen LogP contribution in [0.25, 0.3) is 0 Å². The van der Waals surface area contributed by atoms with E-state index in [4.69, 9.17) is 4.74 Å². The van der Waals surface area contributed by atoms with Crippen molar-refractivity contribution in [3.63, 3.8) is 0 Å². The van der Waals surface area contributed by atoms with Gasteiger partial charge in [-0.15, -0.1) is 0 Å². The van der Waals surface area contributed by atoms with E-state index in [0.717, 1.165) is 25.2 Å². The van der Waals surface area contributed by atoms with Crippen LogP contribution in [0.3, 0.4) is 0 Å². The number of carbonyl (C=O) groups is 1. The fraction of sp³-hybridized carbons (Fsp3) is 0.600. The number of ether oxygens (including phenoxy) is 1. The molecule has 1 saturated heterocycles. The van der Waals surface area contributed by atoms with Gasteiger partial charge in [0.2, 0.25) is 0 Å². The quantitative estimate of drug-likeness (QED) is 0.866. The van der Waals surface area contributed by atoms with E-state index in [-0.39, 0.29) is 17.6 Å². The Balaban J connectivity index is 2.05. The van der Waals surface area contributed by atoms with Crippen LogP contribution in [-0.4, -0.2) is 35.7 Å². The highest BCUT2D eigenvalue weighted by Crippen LogP contribution is 2.25. The van der Waals surface area contributed by atoms with Crippen molar-refractivity contribution in [2.75, 3.05) is 18.5 Å². The normalized spacial score (nSPS) is 25.4. The molecule has 0 saturated carbocycles. The molecule has 5 nitrogen and oxygen atoms in total. The molecule has 1 amide bonds. The first-order valence-corrected chi connectivity index (χ1v) is 7.20. The third-order valence-electron chi connectivity index (χ3n) is 3.82. The second-order valence-electron chi connectivity index (χ2n) is 5.47. The molecule has 1 aromatic rings. The molecule has 0 radical (unpaired) electrons. The number of hydrogen-bond acceptors (Lipinski definition) is 4. The van der Waals surface area contributed by atoms with Gasteiger partial charge in [-0.1, -0.05) is 13.0 Å². The van der Waals surface area contributed by atoms with Gasteiger partial charge < -0.3 is 15.4 Å². The number of amides is 1. The monoisotopic (exact) mass is 277 g/mol. The first kappa shape index (κ1) is 14.8. The number of carbonyl (C=O) groups excluding carboxylic acids is 1. The van der Waals surface area contributed by atoms with E-state index in [1.54, 1.807) is 6.07 Å². The third kappa shape index (κ3) is 3.28. The summed E-state index contributed by atoms with van der Waals surface area (Å²) in [6, 6.07) is 5.45. The highest BCUT2D eigenvalue weighted by molar-refractivity contribution is 5.93. The zero-order valence-electron chi connectivity index (χ0n) is 12.4. The van der Waals surface area contributed by atoms with Crippen molar-refractivity contribution in [1.29, 1.82) is 0 Å². The van der Waals surface area contributed by atoms with Crippen LogP contribution < -0.4 is 10.6 Å². The molecular weight excluding hydrogens is 254 g/mol. The lowest BCUT2D eigenvalue weighted by molar-refractivity contribution is 0.0724. The number of aromatic nitrogens is 1. The van der Waals surface area contributed by atoms with Gasteiger partial charge in [-0.3, -0.25) is 4.79 Å². The van der Waals surface area contributed by atoms with Crippen LogP contribution in [-0.2, 0) is 4.74 Å². The van der Waals surface area contributed by atoms with Gasteiger partial charge in [0.15, 0.2) is 0 Å². The number of nitrogens with one attached hydrogen (secondary N) is 2. The van der Waals surface area contributed by atoms with E-state index in [9.17, 15) is 4.79 Å². The van der Waals surface area contributed by atoms with Crippen molar-refractivity contribution in [1.82, 2.24) is 10.3 Å². The first-order chi connectivity index (χ1) is 9.55. The Kier molecular flexibility index (Phi) is 4.60. The van der Waals surface area contributed by atoms with Crippen molar-refractivity contribution < 1.29 is 9.53 Å². The van der Waals surface area contributed by atoms with Crippen molar-refractivity contribution in [3.05, 3.63) is 23.9 Å². The van der Waals surface area contributed by atoms with Gasteiger partial charge in [-0.25, -0.2) is 4.98 Å². The lowest BCUT2D eigenvalue weighted by Gasteiger charge is -2.28. The van der Waals surface area contributed by atoms with Crippen LogP contribution in [0.1, 0.15) is 44.1 Å². The molecule has 1 aliphatic heterocycles. The standard InChI is InChI=1S/C15H23N3O2/c1-4-9-16-13-7-5-6-12(17-13)14(19)18-15(3)8-10-20-11(15)2/h5-7,11H,4,8-10H2,1-3H3,(H,16,17)(H,18,19). The highest BCUT2D eigenvalue weighted by Gasteiger charge is 2.38. The van der Waals surface area contributed by atoms with Crippen LogP contribution in [0.4, 0.5) is 5.82 Å². The zero-order valence-corrected chi connectivity index (χ0v) is 12.4. The Morgan fingerprint density at radius 3 is 3.00 bits per heavy atom. The van der Waals surface area contributed by atoms with Gasteiger partial charge >= 0.3 is 0 Å². The Morgan fingerprint density at radius 2 is 2.35 bits per heavy atom. The van der Waals surface area contributed by atoms with Crippen molar-refractivity contribution in [2.24, 2.45) is 0 Å². The van der Waals surface area contributed by atoms with Gasteiger partial charge in [0, 0.05) is 13.2 Å². The number of rotatable bonds is 5. The third-order valence-corrected chi connectivity index (χ3v) is 3.82. The molecule has 0 bridgehead atoms. The Labute approximate surface area is 120 Å². The Morgan fingerprint density at radius 1 is 1.55 bits per heavy atom. The topological polar surface area (TPSA) is 63.2 Å². The number of hydrogen-bond donors (Lipinski definition) is 2. The molecule has 0 aliphatic carbocycles. The largest absolute Gasteiger partial charge is 0.376 e. The molecule has 1 fully saturated rings. The van der Waals surface area contributed by atoms with Gasteiger partial charge in [0.1, 0.15) is 11.5 Å². The maximum Gasteiger partial charge on any atom is 0.270 e. The zero-order chi connectivity index (χ0) is 14.6. The summed E-state index contributed by atoms with van der Waals surface area (Å²) < 4.78 is 5.53. The summed E-state index contributed by atoms with van der Waals surface area (Å²) in [4.78, 5) is 16.7. The predicted molar refractivity (Wildman–Crippen MR) is 78.9 cm³/mol. The van der Waals surface area contributed by atoms with E-state index in [1.807, 2.05) is 26.0 Å². The summed E-state index contributed by atoms with van der Waals surface area (Å²) in [7, 11) is 0. The number of nitrogens with zero attached hydrogens (tertiary/aromatic N) is 1. The van der Waals surface area contributed by atoms with Crippen molar-refractivity contribution >= 4 is 11.7 Å². The molecule has 2 atom stereocenters. The van der Waals surface area contributed by atoms with Crippen LogP contribution in [0.15, 0.2) is 18.2 Å². The molecule has 2 heterocycles. The molecule has 2 unspecified atom stereocenters. The summed E-state index contributed by atoms with van der Waals surface area (Å²) >= 11 is 0. The summed E-state index contributed by atoms with van der Waals surface area (Å²) in [6.07, 6.45) is 1.87. The van der Waals surface area contributed by atoms with Crippen LogP contribution in [0.2, 0.25) is 0 Å². The summed E-state index contributed by atoms with van der Waals surface area (Å²) in [5, 5.41) is 6.24. The molecule has 0 aromatic carbocycles. The maximum absolute atomic E-state index is 12.3. The maximum atomic E-state index is 12.3. The summed E-state index contributed by atoms with van der Waals surface area (Å²) in [5.41, 5.74) is 0.123. The fourth-order valence-corrected chi connectivity index (χ4v) is 2.24. The van der Waals surface area contributed by atoms with Crippen molar-refractivity contribution in [2.45, 2.75) is 45.3 Å². The van der Waals surface area contributed by atoms with E-state index >= 15 is 0 Å². The number of pyridine rings is 1. The van der Waals surface area contributed by atoms with Crippen LogP contribution >= 0.6 is 0 Å². The summed E-state index contributed by atoms with van der Waals surface area (Å²) in [6.45, 7) is 7.62. The molecule has 2 rings (SSSR count). The van der Waals surface area contributed by atoms with E-state index in [0.29, 0.717) is 12.3 Å². The Hall–Kier alpha value is -1.62. The number of anilines is 1. The fourth-order valence-electron chi connectivity index (χ4n) is 2.24. The second-order valence-corrected chi connectivity index (χ2v) is 5.47. The van der Waals surface area contributed by atoms with Crippen LogP contribution in [0.5, 0.6) is 0 Å². The molecular formula is C15H23N3O2. The minimum absolute atomic E-state index is 0.0212. The predicted octanol–water partition coefficient (Wildman–Crippen LogP) is 2.20. The van der Waals surface area contributed by atoms with Crippen molar-refractivity contribution in [3.8, 4) is 0 Å². The first-order valence-electron chi connectivity index (χ1n) is 7.20. The van der Waals surface area contributed by atoms with E-state index < -0.39 is 0 Å². The van der Waals surface area contributed by atoms with Gasteiger partial charge in [-0.2, -0.15) is 0 Å².